The largest absolute Gasteiger partial charge is 0.392 e. The van der Waals surface area contributed by atoms with Gasteiger partial charge in [0.2, 0.25) is 5.91 Å². The van der Waals surface area contributed by atoms with Gasteiger partial charge in [0.15, 0.2) is 0 Å². The minimum atomic E-state index is -1.02. The fourth-order valence-electron chi connectivity index (χ4n) is 5.86. The maximum atomic E-state index is 13.4. The monoisotopic (exact) mass is 590 g/mol. The Hall–Kier alpha value is -1.53. The minimum absolute atomic E-state index is 0.0463. The number of fused-ring (bicyclic) bond motifs is 1. The molecule has 2 fully saturated rings. The summed E-state index contributed by atoms with van der Waals surface area (Å²) in [6.45, 7) is 24.8. The van der Waals surface area contributed by atoms with E-state index in [2.05, 4.69) is 57.9 Å². The van der Waals surface area contributed by atoms with Crippen LogP contribution < -0.4 is 5.32 Å². The molecule has 3 rings (SSSR count). The van der Waals surface area contributed by atoms with Crippen LogP contribution >= 0.6 is 11.3 Å². The average molecular weight is 591 g/mol. The fraction of sp³-hybridized carbons (Fsp3) is 0.800. The van der Waals surface area contributed by atoms with Crippen molar-refractivity contribution in [1.29, 1.82) is 0 Å². The molecule has 1 aromatic rings. The lowest BCUT2D eigenvalue weighted by atomic mass is 9.70. The number of nitrogens with one attached hydrogen (secondary N) is 1. The van der Waals surface area contributed by atoms with E-state index in [1.807, 2.05) is 33.1 Å². The second-order valence-electron chi connectivity index (χ2n) is 13.4. The van der Waals surface area contributed by atoms with Crippen LogP contribution in [-0.4, -0.2) is 33.9 Å². The summed E-state index contributed by atoms with van der Waals surface area (Å²) in [4.78, 5) is 31.1. The molecule has 0 unspecified atom stereocenters. The van der Waals surface area contributed by atoms with E-state index in [-0.39, 0.29) is 36.0 Å². The van der Waals surface area contributed by atoms with Crippen LogP contribution in [-0.2, 0) is 9.59 Å². The van der Waals surface area contributed by atoms with Crippen LogP contribution in [0.5, 0.6) is 0 Å². The summed E-state index contributed by atoms with van der Waals surface area (Å²) in [5, 5.41) is 17.3. The van der Waals surface area contributed by atoms with Crippen molar-refractivity contribution in [1.82, 2.24) is 10.3 Å². The summed E-state index contributed by atoms with van der Waals surface area (Å²) in [7, 11) is 0. The molecular formula is C35H62N2O3S. The topological polar surface area (TPSA) is 79.3 Å². The molecule has 2 aliphatic rings. The molecule has 0 bridgehead atoms. The van der Waals surface area contributed by atoms with Crippen LogP contribution in [0.25, 0.3) is 6.08 Å². The second kappa shape index (κ2) is 16.9. The number of carbonyl (C=O) groups excluding carboxylic acids is 2. The first-order valence-electron chi connectivity index (χ1n) is 16.3. The lowest BCUT2D eigenvalue weighted by molar-refractivity contribution is -0.141. The van der Waals surface area contributed by atoms with E-state index in [1.165, 1.54) is 25.7 Å². The van der Waals surface area contributed by atoms with Gasteiger partial charge in [0.1, 0.15) is 5.78 Å². The Bertz CT molecular complexity index is 982. The normalized spacial score (nSPS) is 32.9. The van der Waals surface area contributed by atoms with E-state index in [4.69, 9.17) is 0 Å². The predicted molar refractivity (Wildman–Crippen MR) is 176 cm³/mol. The number of unbranched alkanes of at least 4 members (excludes halogenated alkanes) is 1. The third kappa shape index (κ3) is 10.9. The molecule has 41 heavy (non-hydrogen) atoms. The first-order chi connectivity index (χ1) is 19.2. The predicted octanol–water partition coefficient (Wildman–Crippen LogP) is 9.03. The van der Waals surface area contributed by atoms with Crippen molar-refractivity contribution < 1.29 is 14.7 Å². The Balaban J connectivity index is 0.00000129. The number of rotatable bonds is 3. The molecule has 0 aromatic carbocycles. The van der Waals surface area contributed by atoms with Gasteiger partial charge >= 0.3 is 0 Å². The molecule has 236 valence electrons. The number of hydrogen-bond acceptors (Lipinski definition) is 5. The van der Waals surface area contributed by atoms with Crippen molar-refractivity contribution in [2.45, 2.75) is 147 Å². The summed E-state index contributed by atoms with van der Waals surface area (Å²) in [5.74, 6) is 0.952. The number of ketones is 1. The van der Waals surface area contributed by atoms with Crippen molar-refractivity contribution >= 4 is 29.1 Å². The molecule has 1 aliphatic carbocycles. The molecule has 1 aliphatic heterocycles. The highest BCUT2D eigenvalue weighted by molar-refractivity contribution is 7.09. The van der Waals surface area contributed by atoms with E-state index in [0.717, 1.165) is 35.5 Å². The molecule has 0 radical (unpaired) electrons. The number of amides is 1. The Morgan fingerprint density at radius 3 is 2.29 bits per heavy atom. The number of aliphatic hydroxyl groups is 1. The quantitative estimate of drug-likeness (QED) is 0.368. The van der Waals surface area contributed by atoms with Crippen molar-refractivity contribution in [2.75, 3.05) is 0 Å². The number of hydrogen-bond donors (Lipinski definition) is 2. The van der Waals surface area contributed by atoms with Crippen molar-refractivity contribution in [3.8, 4) is 0 Å². The van der Waals surface area contributed by atoms with Gasteiger partial charge in [-0.1, -0.05) is 94.9 Å². The zero-order valence-corrected chi connectivity index (χ0v) is 29.2. The summed E-state index contributed by atoms with van der Waals surface area (Å²) in [6.07, 6.45) is 9.17. The highest BCUT2D eigenvalue weighted by atomic mass is 32.1. The molecule has 1 saturated heterocycles. The molecule has 6 heteroatoms. The van der Waals surface area contributed by atoms with Crippen LogP contribution in [0.15, 0.2) is 11.0 Å². The van der Waals surface area contributed by atoms with E-state index >= 15 is 0 Å². The highest BCUT2D eigenvalue weighted by Gasteiger charge is 2.50. The fourth-order valence-corrected chi connectivity index (χ4v) is 6.43. The molecular weight excluding hydrogens is 528 g/mol. The lowest BCUT2D eigenvalue weighted by Crippen LogP contribution is -2.46. The number of aryl methyl sites for hydroxylation is 1. The minimum Gasteiger partial charge on any atom is -0.392 e. The molecule has 0 spiro atoms. The van der Waals surface area contributed by atoms with Gasteiger partial charge < -0.3 is 10.4 Å². The molecule has 1 saturated carbocycles. The average Bonchev–Trinajstić information content (AvgIpc) is 3.38. The Kier molecular flexibility index (Phi) is 15.5. The molecule has 1 amide bonds. The summed E-state index contributed by atoms with van der Waals surface area (Å²) >= 11 is 1.62. The summed E-state index contributed by atoms with van der Waals surface area (Å²) in [6, 6.07) is -0.104. The maximum absolute atomic E-state index is 13.4. The van der Waals surface area contributed by atoms with Gasteiger partial charge in [-0.2, -0.15) is 0 Å². The number of carbonyl (C=O) groups is 2. The molecule has 2 heterocycles. The van der Waals surface area contributed by atoms with Crippen LogP contribution in [0.3, 0.4) is 0 Å². The van der Waals surface area contributed by atoms with Crippen LogP contribution in [0.2, 0.25) is 0 Å². The zero-order chi connectivity index (χ0) is 31.5. The molecule has 7 atom stereocenters. The van der Waals surface area contributed by atoms with Crippen molar-refractivity contribution in [2.24, 2.45) is 34.5 Å². The number of aromatic nitrogens is 1. The van der Waals surface area contributed by atoms with E-state index in [1.54, 1.807) is 25.2 Å². The van der Waals surface area contributed by atoms with Gasteiger partial charge in [-0.3, -0.25) is 9.59 Å². The van der Waals surface area contributed by atoms with Crippen LogP contribution in [0.1, 0.15) is 138 Å². The number of nitrogens with zero attached hydrogens (tertiary/aromatic N) is 1. The van der Waals surface area contributed by atoms with Gasteiger partial charge in [-0.15, -0.1) is 11.3 Å². The number of thiazole rings is 1. The van der Waals surface area contributed by atoms with Gasteiger partial charge in [-0.05, 0) is 67.9 Å². The lowest BCUT2D eigenvalue weighted by Gasteiger charge is -2.35. The van der Waals surface area contributed by atoms with Crippen LogP contribution in [0.4, 0.5) is 0 Å². The molecule has 2 N–H and O–H groups in total. The van der Waals surface area contributed by atoms with Crippen molar-refractivity contribution in [3.63, 3.8) is 0 Å². The Morgan fingerprint density at radius 2 is 1.76 bits per heavy atom. The molecule has 1 aromatic heterocycles. The van der Waals surface area contributed by atoms with E-state index < -0.39 is 11.5 Å². The van der Waals surface area contributed by atoms with Gasteiger partial charge in [0.25, 0.3) is 0 Å². The summed E-state index contributed by atoms with van der Waals surface area (Å²) < 4.78 is 0. The second-order valence-corrected chi connectivity index (χ2v) is 14.5. The SMILES string of the molecule is C/C(=C\c1csc(C)n1)[C@@H]1C[C@@H]2C[C@]2(C)CCC[C@H](C)[C@H](C)[C@@H](C)C(=O)C(C)(C)[C@@H](O)CC(=O)N1.CC.CCCC. The number of aliphatic hydroxyl groups excluding tert-OH is 1. The Morgan fingerprint density at radius 1 is 1.15 bits per heavy atom. The van der Waals surface area contributed by atoms with Crippen LogP contribution in [0, 0.1) is 41.4 Å². The van der Waals surface area contributed by atoms with E-state index in [0.29, 0.717) is 17.3 Å². The maximum Gasteiger partial charge on any atom is 0.223 e. The first kappa shape index (κ1) is 37.5. The zero-order valence-electron chi connectivity index (χ0n) is 28.4. The third-order valence-electron chi connectivity index (χ3n) is 9.81. The Labute approximate surface area is 256 Å². The third-order valence-corrected chi connectivity index (χ3v) is 10.6. The highest BCUT2D eigenvalue weighted by Crippen LogP contribution is 2.58. The van der Waals surface area contributed by atoms with Gasteiger partial charge in [0, 0.05) is 11.3 Å². The van der Waals surface area contributed by atoms with Crippen molar-refractivity contribution in [3.05, 3.63) is 21.7 Å². The molecule has 5 nitrogen and oxygen atoms in total. The van der Waals surface area contributed by atoms with Gasteiger partial charge in [0.05, 0.1) is 34.7 Å². The smallest absolute Gasteiger partial charge is 0.223 e. The standard InChI is InChI=1S/C29H46N2O3S.C4H10.C2H6/c1-17-10-9-11-29(8)15-22(29)13-24(18(2)12-23-16-35-21(5)30-23)31-26(33)14-25(32)28(6,7)27(34)20(4)19(17)3;1-3-4-2;1-2/h12,16-17,19-20,22,24-25,32H,9-11,13-15H2,1-8H3,(H,31,33);3-4H2,1-2H3;1-2H3/b18-12+;;/t17-,19-,20+,22+,24-,25-,29-;;/m0../s1. The van der Waals surface area contributed by atoms with E-state index in [9.17, 15) is 14.7 Å². The van der Waals surface area contributed by atoms with Gasteiger partial charge in [-0.25, -0.2) is 4.98 Å². The number of Topliss-reactive ketones (excluding diaryl/α,β-unsaturated/α-hetero) is 1. The first-order valence-corrected chi connectivity index (χ1v) is 17.2. The summed E-state index contributed by atoms with van der Waals surface area (Å²) in [5.41, 5.74) is 1.35.